The van der Waals surface area contributed by atoms with Crippen LogP contribution in [-0.2, 0) is 45.3 Å². The van der Waals surface area contributed by atoms with Crippen LogP contribution in [0, 0.1) is 0 Å². The molecule has 16 nitrogen and oxygen atoms in total. The van der Waals surface area contributed by atoms with E-state index in [0.717, 1.165) is 12.1 Å². The van der Waals surface area contributed by atoms with Crippen molar-refractivity contribution >= 4 is 75.8 Å². The molecule has 0 fully saturated rings. The minimum absolute atomic E-state index is 0. The second-order valence-electron chi connectivity index (χ2n) is 8.14. The summed E-state index contributed by atoms with van der Waals surface area (Å²) in [7, 11) is -14.8. The molecule has 0 amide bonds. The van der Waals surface area contributed by atoms with Crippen LogP contribution in [0.5, 0.6) is 0 Å². The molecule has 5 aromatic rings. The third-order valence-electron chi connectivity index (χ3n) is 5.51. The number of H-pyrrole nitrogens is 2. The minimum Gasteiger partial charge on any atom is -0.749 e. The third-order valence-corrected chi connectivity index (χ3v) is 9.20. The van der Waals surface area contributed by atoms with E-state index in [1.54, 1.807) is 0 Å². The predicted octanol–water partition coefficient (Wildman–Crippen LogP) is -4.00. The van der Waals surface area contributed by atoms with E-state index in [1.165, 1.54) is 30.3 Å². The average molecular weight is 707 g/mol. The smallest absolute Gasteiger partial charge is 0.749 e. The van der Waals surface area contributed by atoms with E-state index in [9.17, 15) is 47.7 Å². The SMILES string of the molecule is O=S([O-])OSc1cc(S(=O)(=O)O)c2nc(-c3ccc(-c4nc5c(S(=O)(=O)O)cc(S(=O)(=O)[O-])cc5[nH]4)cc3)[nH]c2c1.[Na+].[Na+]. The van der Waals surface area contributed by atoms with Gasteiger partial charge in [0.05, 0.1) is 27.3 Å². The molecule has 23 heteroatoms. The van der Waals surface area contributed by atoms with Crippen molar-refractivity contribution in [3.63, 3.8) is 0 Å². The van der Waals surface area contributed by atoms with Crippen LogP contribution in [0.1, 0.15) is 0 Å². The molecule has 0 saturated carbocycles. The first-order valence-electron chi connectivity index (χ1n) is 10.5. The van der Waals surface area contributed by atoms with E-state index >= 15 is 0 Å². The van der Waals surface area contributed by atoms with Crippen molar-refractivity contribution in [1.82, 2.24) is 19.9 Å². The summed E-state index contributed by atoms with van der Waals surface area (Å²) in [6.45, 7) is 0. The molecule has 3 aromatic carbocycles. The van der Waals surface area contributed by atoms with Crippen LogP contribution in [0.2, 0.25) is 0 Å². The number of hydrogen-bond acceptors (Lipinski definition) is 13. The maximum atomic E-state index is 11.9. The zero-order valence-corrected chi connectivity index (χ0v) is 29.6. The number of nitrogens with zero attached hydrogens (tertiary/aromatic N) is 2. The van der Waals surface area contributed by atoms with Crippen LogP contribution >= 0.6 is 12.0 Å². The predicted molar refractivity (Wildman–Crippen MR) is 140 cm³/mol. The van der Waals surface area contributed by atoms with Crippen molar-refractivity contribution in [2.45, 2.75) is 19.6 Å². The molecule has 0 radical (unpaired) electrons. The second kappa shape index (κ2) is 13.2. The van der Waals surface area contributed by atoms with Gasteiger partial charge in [0.15, 0.2) is 0 Å². The van der Waals surface area contributed by atoms with Gasteiger partial charge in [-0.15, -0.1) is 0 Å². The number of hydrogen-bond donors (Lipinski definition) is 4. The Balaban J connectivity index is 0.00000253. The van der Waals surface area contributed by atoms with E-state index in [-0.39, 0.29) is 97.7 Å². The summed E-state index contributed by atoms with van der Waals surface area (Å²) in [5, 5.41) is 0. The van der Waals surface area contributed by atoms with Gasteiger partial charge in [0.1, 0.15) is 42.6 Å². The molecule has 5 rings (SSSR count). The molecule has 1 atom stereocenters. The fourth-order valence-corrected chi connectivity index (χ4v) is 6.73. The van der Waals surface area contributed by atoms with Gasteiger partial charge in [-0.2, -0.15) is 16.8 Å². The van der Waals surface area contributed by atoms with Crippen LogP contribution in [0.15, 0.2) is 68.1 Å². The van der Waals surface area contributed by atoms with Crippen LogP contribution in [0.25, 0.3) is 44.8 Å². The van der Waals surface area contributed by atoms with E-state index < -0.39 is 56.4 Å². The van der Waals surface area contributed by atoms with Crippen molar-refractivity contribution in [2.24, 2.45) is 0 Å². The van der Waals surface area contributed by atoms with Gasteiger partial charge >= 0.3 is 59.1 Å². The molecule has 2 aromatic heterocycles. The van der Waals surface area contributed by atoms with E-state index in [2.05, 4.69) is 23.6 Å². The Hall–Kier alpha value is -1.25. The standard InChI is InChI=1S/C20H14N4O12S5.2Na/c25-38(26)36-37-11-5-13-17(15(6-11)40(30,31)32)23-19(21-13)9-1-3-10(4-2-9)20-22-14-7-12(39(27,28)29)8-16(18(14)24-20)41(33,34)35;;/h1-8H,(H,21,23)(H,22,24)(H,25,26)(H,27,28,29)(H,30,31,32)(H,33,34,35);;/q;2*+1/p-2. The van der Waals surface area contributed by atoms with Crippen LogP contribution in [0.4, 0.5) is 0 Å². The molecule has 0 aliphatic carbocycles. The number of fused-ring (bicyclic) bond motifs is 2. The quantitative estimate of drug-likeness (QED) is 0.0518. The van der Waals surface area contributed by atoms with E-state index in [1.807, 2.05) is 0 Å². The molecular formula is C20H12N4Na2O12S5. The van der Waals surface area contributed by atoms with Gasteiger partial charge < -0.3 is 19.1 Å². The van der Waals surface area contributed by atoms with Crippen molar-refractivity contribution in [1.29, 1.82) is 0 Å². The fourth-order valence-electron chi connectivity index (χ4n) is 3.83. The normalized spacial score (nSPS) is 13.0. The minimum atomic E-state index is -5.08. The van der Waals surface area contributed by atoms with Crippen LogP contribution < -0.4 is 59.1 Å². The van der Waals surface area contributed by atoms with Gasteiger partial charge in [-0.25, -0.2) is 26.2 Å². The molecule has 0 aliphatic heterocycles. The number of imidazole rings is 2. The van der Waals surface area contributed by atoms with Crippen LogP contribution in [0.3, 0.4) is 0 Å². The van der Waals surface area contributed by atoms with Gasteiger partial charge in [-0.3, -0.25) is 9.11 Å². The average Bonchev–Trinajstić information content (AvgIpc) is 3.49. The van der Waals surface area contributed by atoms with Gasteiger partial charge in [-0.05, 0) is 24.3 Å². The molecule has 0 aliphatic rings. The summed E-state index contributed by atoms with van der Waals surface area (Å²) in [5.41, 5.74) is 0.287. The summed E-state index contributed by atoms with van der Waals surface area (Å²) >= 11 is -2.57. The maximum absolute atomic E-state index is 11.9. The largest absolute Gasteiger partial charge is 1.00 e. The van der Waals surface area contributed by atoms with Crippen molar-refractivity contribution in [3.8, 4) is 22.8 Å². The number of aromatic amines is 2. The Morgan fingerprint density at radius 3 is 1.63 bits per heavy atom. The Morgan fingerprint density at radius 2 is 1.21 bits per heavy atom. The zero-order valence-electron chi connectivity index (χ0n) is 21.5. The summed E-state index contributed by atoms with van der Waals surface area (Å²) in [6, 6.07) is 9.76. The van der Waals surface area contributed by atoms with Gasteiger partial charge in [-0.1, -0.05) is 24.3 Å². The Morgan fingerprint density at radius 1 is 0.767 bits per heavy atom. The summed E-state index contributed by atoms with van der Waals surface area (Å²) < 4.78 is 127. The fraction of sp³-hybridized carbons (Fsp3) is 0. The molecule has 0 bridgehead atoms. The number of benzene rings is 3. The number of aromatic nitrogens is 4. The van der Waals surface area contributed by atoms with Gasteiger partial charge in [0.2, 0.25) is 0 Å². The first-order chi connectivity index (χ1) is 19.0. The Labute approximate surface area is 294 Å². The first kappa shape index (κ1) is 36.2. The summed E-state index contributed by atoms with van der Waals surface area (Å²) in [5.74, 6) is 0.197. The molecule has 216 valence electrons. The molecular weight excluding hydrogens is 695 g/mol. The summed E-state index contributed by atoms with van der Waals surface area (Å²) in [4.78, 5) is 11.6. The zero-order chi connectivity index (χ0) is 29.9. The van der Waals surface area contributed by atoms with Gasteiger partial charge in [0.25, 0.3) is 20.2 Å². The molecule has 1 unspecified atom stereocenters. The monoisotopic (exact) mass is 706 g/mol. The van der Waals surface area contributed by atoms with E-state index in [4.69, 9.17) is 0 Å². The molecule has 2 heterocycles. The van der Waals surface area contributed by atoms with Crippen molar-refractivity contribution in [3.05, 3.63) is 48.5 Å². The molecule has 43 heavy (non-hydrogen) atoms. The van der Waals surface area contributed by atoms with Crippen molar-refractivity contribution < 1.29 is 110 Å². The molecule has 0 spiro atoms. The first-order valence-corrected chi connectivity index (χ1v) is 16.6. The molecule has 4 N–H and O–H groups in total. The maximum Gasteiger partial charge on any atom is 1.00 e. The molecule has 0 saturated heterocycles. The second-order valence-corrected chi connectivity index (χ2v) is 13.9. The number of rotatable bonds is 8. The Bertz CT molecular complexity index is 2220. The summed E-state index contributed by atoms with van der Waals surface area (Å²) in [6.07, 6.45) is 0. The third kappa shape index (κ3) is 7.95. The van der Waals surface area contributed by atoms with Crippen molar-refractivity contribution in [2.75, 3.05) is 0 Å². The van der Waals surface area contributed by atoms with Crippen LogP contribution in [-0.4, -0.2) is 67.6 Å². The van der Waals surface area contributed by atoms with E-state index in [0.29, 0.717) is 29.2 Å². The Kier molecular flexibility index (Phi) is 11.1. The van der Waals surface area contributed by atoms with Gasteiger partial charge in [0, 0.05) is 28.1 Å². The number of nitrogens with one attached hydrogen (secondary N) is 2. The topological polar surface area (TPSA) is 273 Å².